The number of methoxy groups -OCH3 is 1. The minimum Gasteiger partial charge on any atom is -0.467 e. The summed E-state index contributed by atoms with van der Waals surface area (Å²) < 4.78 is 4.54. The first-order valence-electron chi connectivity index (χ1n) is 20.5. The van der Waals surface area contributed by atoms with Crippen LogP contribution in [-0.2, 0) is 62.3 Å². The minimum atomic E-state index is -2.56. The number of nitrogens with two attached hydrogens (primary N) is 1. The molecule has 4 unspecified atom stereocenters. The predicted octanol–water partition coefficient (Wildman–Crippen LogP) is -10.1. The predicted molar refractivity (Wildman–Crippen MR) is 225 cm³/mol. The summed E-state index contributed by atoms with van der Waals surface area (Å²) in [5, 5.41) is 73.4. The molecular weight excluding hydrogens is 898 g/mol. The van der Waals surface area contributed by atoms with Gasteiger partial charge in [-0.05, 0) is 40.5 Å². The van der Waals surface area contributed by atoms with Crippen LogP contribution in [0.3, 0.4) is 0 Å². The molecule has 11 amide bonds. The van der Waals surface area contributed by atoms with Gasteiger partial charge in [0.25, 0.3) is 17.7 Å². The number of β-amino-alcohol motifs (C(OH)–C–C–N with tert-alkyl or cyclic N) is 1. The molecule has 0 spiro atoms. The normalized spacial score (nSPS) is 25.4. The van der Waals surface area contributed by atoms with Crippen molar-refractivity contribution in [3.63, 3.8) is 0 Å². The second-order valence-electron chi connectivity index (χ2n) is 15.5. The van der Waals surface area contributed by atoms with Gasteiger partial charge >= 0.3 is 5.97 Å². The van der Waals surface area contributed by atoms with E-state index in [4.69, 9.17) is 5.73 Å². The summed E-state index contributed by atoms with van der Waals surface area (Å²) in [5.74, 6) is -16.7. The Labute approximate surface area is 382 Å². The molecule has 29 nitrogen and oxygen atoms in total. The lowest BCUT2D eigenvalue weighted by Crippen LogP contribution is -2.66. The number of allylic oxidation sites excluding steroid dienone is 1. The number of carbonyl (C=O) groups is 12. The number of hydrogen-bond donors (Lipinski definition) is 16. The van der Waals surface area contributed by atoms with Gasteiger partial charge in [0.2, 0.25) is 47.3 Å². The Morgan fingerprint density at radius 3 is 1.79 bits per heavy atom. The quantitative estimate of drug-likeness (QED) is 0.0437. The van der Waals surface area contributed by atoms with Gasteiger partial charge in [0.05, 0.1) is 26.4 Å². The van der Waals surface area contributed by atoms with Crippen LogP contribution < -0.4 is 58.9 Å². The third-order valence-corrected chi connectivity index (χ3v) is 9.80. The molecule has 376 valence electrons. The third-order valence-electron chi connectivity index (χ3n) is 9.80. The first-order valence-corrected chi connectivity index (χ1v) is 20.5. The Kier molecular flexibility index (Phi) is 23.4. The van der Waals surface area contributed by atoms with Crippen molar-refractivity contribution in [1.29, 1.82) is 0 Å². The van der Waals surface area contributed by atoms with E-state index < -0.39 is 169 Å². The number of rotatable bonds is 14. The van der Waals surface area contributed by atoms with Gasteiger partial charge in [-0.2, -0.15) is 0 Å². The summed E-state index contributed by atoms with van der Waals surface area (Å²) in [6.07, 6.45) is -7.94. The van der Waals surface area contributed by atoms with Crippen molar-refractivity contribution < 1.29 is 87.8 Å². The first-order chi connectivity index (χ1) is 31.1. The summed E-state index contributed by atoms with van der Waals surface area (Å²) in [6.45, 7) is 5.82. The highest BCUT2D eigenvalue weighted by Crippen LogP contribution is 2.09. The largest absolute Gasteiger partial charge is 0.467 e. The topological polar surface area (TPSA) is 462 Å². The number of aliphatic hydroxyl groups excluding tert-OH is 5. The van der Waals surface area contributed by atoms with Crippen molar-refractivity contribution in [2.24, 2.45) is 11.7 Å². The average molecular weight is 960 g/mol. The van der Waals surface area contributed by atoms with Crippen LogP contribution in [0, 0.1) is 5.92 Å². The fourth-order valence-corrected chi connectivity index (χ4v) is 5.56. The lowest BCUT2D eigenvalue weighted by atomic mass is 9.99. The molecule has 17 N–H and O–H groups in total. The number of aliphatic hydroxyl groups is 5. The number of nitrogens with one attached hydrogen (secondary N) is 10. The Morgan fingerprint density at radius 1 is 0.731 bits per heavy atom. The number of carbonyl (C=O) groups excluding carboxylic acids is 12. The van der Waals surface area contributed by atoms with E-state index in [9.17, 15) is 83.1 Å². The second-order valence-corrected chi connectivity index (χ2v) is 15.5. The molecule has 0 aliphatic carbocycles. The van der Waals surface area contributed by atoms with Crippen LogP contribution in [0.5, 0.6) is 0 Å². The molecule has 29 heteroatoms. The smallest absolute Gasteiger partial charge is 0.328 e. The van der Waals surface area contributed by atoms with Crippen LogP contribution in [0.4, 0.5) is 0 Å². The summed E-state index contributed by atoms with van der Waals surface area (Å²) in [4.78, 5) is 158. The molecule has 12 atom stereocenters. The summed E-state index contributed by atoms with van der Waals surface area (Å²) >= 11 is 0. The van der Waals surface area contributed by atoms with Crippen molar-refractivity contribution >= 4 is 70.9 Å². The zero-order valence-corrected chi connectivity index (χ0v) is 37.8. The molecule has 0 aromatic rings. The van der Waals surface area contributed by atoms with Crippen LogP contribution in [0.1, 0.15) is 48.5 Å². The standard InChI is InChI=1S/C38H61N11O18/c1-9-14(4)28(56)40-10-18-30(58)45-19(12-50)31(59)46-21(13(2)3)34(62)48-23(25(53)26(54)27(39)55)35(63)47-22(17(7)51)33(61)41-11-20(52)32(60)49-24(37(65)44-18)36(64)42-15(5)29(57)43-16(6)38(66)67-8/h9,13,15-26,50-54H,10-12H2,1-8H3,(H2,39,55)(H,40,56)(H,41,61)(H,42,64)(H,43,57)(H,44,65)(H,45,58)(H,46,59)(H,47,63)(H,48,62)(H,49,60)/b14-9-/t15-,16-,17+,18-,19-,20-,21-,22-,23?,24?,25?,26?/m0/s1. The van der Waals surface area contributed by atoms with Gasteiger partial charge < -0.3 is 89.2 Å². The van der Waals surface area contributed by atoms with Crippen molar-refractivity contribution in [2.75, 3.05) is 26.8 Å². The summed E-state index contributed by atoms with van der Waals surface area (Å²) in [5.41, 5.74) is 5.20. The molecular formula is C38H61N11O18. The zero-order chi connectivity index (χ0) is 51.6. The highest BCUT2D eigenvalue weighted by Gasteiger charge is 2.41. The third kappa shape index (κ3) is 17.5. The van der Waals surface area contributed by atoms with E-state index in [-0.39, 0.29) is 5.57 Å². The van der Waals surface area contributed by atoms with Gasteiger partial charge in [0.1, 0.15) is 54.5 Å². The maximum atomic E-state index is 13.9. The van der Waals surface area contributed by atoms with Gasteiger partial charge in [-0.15, -0.1) is 0 Å². The molecule has 1 rings (SSSR count). The molecule has 0 radical (unpaired) electrons. The van der Waals surface area contributed by atoms with Crippen LogP contribution in [0.25, 0.3) is 0 Å². The molecule has 1 aliphatic rings. The SMILES string of the molecule is C/C=C(/C)C(=O)NC[C@@H]1NC(=O)C(C(=O)N[C@@H](C)C(=O)N[C@@H](C)C(=O)OC)NC(=O)[C@@H](O)CNC(=O)[C@H]([C@@H](C)O)NC(=O)C(C(O)C(O)C(N)=O)NC(=O)[C@H](C(C)C)NC(=O)[C@H](CO)NC1=O. The van der Waals surface area contributed by atoms with Gasteiger partial charge in [0.15, 0.2) is 12.1 Å². The Morgan fingerprint density at radius 2 is 1.27 bits per heavy atom. The highest BCUT2D eigenvalue weighted by atomic mass is 16.5. The van der Waals surface area contributed by atoms with E-state index in [0.29, 0.717) is 0 Å². The van der Waals surface area contributed by atoms with Crippen molar-refractivity contribution in [2.45, 2.75) is 121 Å². The number of amides is 11. The van der Waals surface area contributed by atoms with E-state index in [1.54, 1.807) is 0 Å². The molecule has 0 aromatic carbocycles. The van der Waals surface area contributed by atoms with Crippen molar-refractivity contribution in [3.05, 3.63) is 11.6 Å². The number of hydrogen-bond acceptors (Lipinski definition) is 18. The molecule has 0 bridgehead atoms. The van der Waals surface area contributed by atoms with Crippen LogP contribution in [-0.4, -0.2) is 196 Å². The van der Waals surface area contributed by atoms with Gasteiger partial charge in [-0.25, -0.2) is 4.79 Å². The number of ether oxygens (including phenoxy) is 1. The van der Waals surface area contributed by atoms with Crippen molar-refractivity contribution in [3.8, 4) is 0 Å². The summed E-state index contributed by atoms with van der Waals surface area (Å²) in [6, 6.07) is -15.4. The average Bonchev–Trinajstić information content (AvgIpc) is 3.27. The molecule has 1 heterocycles. The monoisotopic (exact) mass is 959 g/mol. The Balaban J connectivity index is 3.97. The Bertz CT molecular complexity index is 1910. The lowest BCUT2D eigenvalue weighted by Gasteiger charge is -2.31. The second kappa shape index (κ2) is 27.0. The molecule has 1 aliphatic heterocycles. The minimum absolute atomic E-state index is 0.117. The zero-order valence-electron chi connectivity index (χ0n) is 37.8. The fraction of sp³-hybridized carbons (Fsp3) is 0.632. The molecule has 0 saturated carbocycles. The maximum Gasteiger partial charge on any atom is 0.328 e. The fourth-order valence-electron chi connectivity index (χ4n) is 5.56. The van der Waals surface area contributed by atoms with E-state index >= 15 is 0 Å². The summed E-state index contributed by atoms with van der Waals surface area (Å²) in [7, 11) is 1.04. The lowest BCUT2D eigenvalue weighted by molar-refractivity contribution is -0.145. The number of esters is 1. The van der Waals surface area contributed by atoms with Crippen molar-refractivity contribution in [1.82, 2.24) is 53.2 Å². The van der Waals surface area contributed by atoms with Crippen LogP contribution in [0.15, 0.2) is 11.6 Å². The van der Waals surface area contributed by atoms with Gasteiger partial charge in [-0.1, -0.05) is 19.9 Å². The van der Waals surface area contributed by atoms with E-state index in [0.717, 1.165) is 21.0 Å². The van der Waals surface area contributed by atoms with Crippen LogP contribution >= 0.6 is 0 Å². The van der Waals surface area contributed by atoms with Gasteiger partial charge in [-0.3, -0.25) is 52.7 Å². The molecule has 0 aromatic heterocycles. The molecule has 1 saturated heterocycles. The maximum absolute atomic E-state index is 13.9. The molecule has 1 fully saturated rings. The van der Waals surface area contributed by atoms with E-state index in [2.05, 4.69) is 36.6 Å². The number of primary amides is 1. The van der Waals surface area contributed by atoms with Crippen LogP contribution in [0.2, 0.25) is 0 Å². The van der Waals surface area contributed by atoms with E-state index in [1.807, 2.05) is 21.3 Å². The van der Waals surface area contributed by atoms with Gasteiger partial charge in [0, 0.05) is 12.1 Å². The molecule has 67 heavy (non-hydrogen) atoms. The Hall–Kier alpha value is -6.82. The first kappa shape index (κ1) is 58.2. The van der Waals surface area contributed by atoms with E-state index in [1.165, 1.54) is 40.7 Å². The highest BCUT2D eigenvalue weighted by molar-refractivity contribution is 6.09.